The predicted molar refractivity (Wildman–Crippen MR) is 137 cm³/mol. The summed E-state index contributed by atoms with van der Waals surface area (Å²) < 4.78 is 40.0. The molecular weight excluding hydrogens is 446 g/mol. The lowest BCUT2D eigenvalue weighted by Gasteiger charge is -2.18. The number of aryl methyl sites for hydroxylation is 2. The summed E-state index contributed by atoms with van der Waals surface area (Å²) in [6.45, 7) is 8.05. The predicted octanol–water partition coefficient (Wildman–Crippen LogP) is 6.74. The first-order chi connectivity index (χ1) is 16.2. The minimum Gasteiger partial charge on any atom is -0.464 e. The van der Waals surface area contributed by atoms with E-state index in [2.05, 4.69) is 11.9 Å². The van der Waals surface area contributed by atoms with E-state index in [1.54, 1.807) is 48.8 Å². The monoisotopic (exact) mass is 471 g/mol. The molecule has 0 bridgehead atoms. The van der Waals surface area contributed by atoms with Gasteiger partial charge in [-0.15, -0.1) is 0 Å². The standard InChI is InChI=1S/C28H25NO4S/c1-19-8-6-12-23(25-11-4-5-13-27(25)34(30,31)32)24-15-14-22(18-26(24)33-17-16-19)29-28-20(2)9-7-10-21(28)3/h4-18,29H,1H2,2-3H3,(H,30,31,32)/b8-6-,17-16+,23-12-. The van der Waals surface area contributed by atoms with E-state index >= 15 is 0 Å². The van der Waals surface area contributed by atoms with Crippen molar-refractivity contribution in [3.05, 3.63) is 126 Å². The molecule has 0 saturated carbocycles. The van der Waals surface area contributed by atoms with Crippen LogP contribution in [0, 0.1) is 13.8 Å². The van der Waals surface area contributed by atoms with E-state index in [0.717, 1.165) is 22.5 Å². The first kappa shape index (κ1) is 23.3. The fraction of sp³-hybridized carbons (Fsp3) is 0.0714. The molecule has 0 aromatic heterocycles. The van der Waals surface area contributed by atoms with Crippen molar-refractivity contribution >= 4 is 27.1 Å². The third-order valence-corrected chi connectivity index (χ3v) is 6.44. The Morgan fingerprint density at radius 1 is 0.912 bits per heavy atom. The molecule has 0 atom stereocenters. The highest BCUT2D eigenvalue weighted by atomic mass is 32.2. The summed E-state index contributed by atoms with van der Waals surface area (Å²) >= 11 is 0. The van der Waals surface area contributed by atoms with Crippen LogP contribution in [0.1, 0.15) is 22.3 Å². The van der Waals surface area contributed by atoms with Crippen LogP contribution in [0.4, 0.5) is 11.4 Å². The second-order valence-electron chi connectivity index (χ2n) is 8.01. The van der Waals surface area contributed by atoms with Crippen molar-refractivity contribution < 1.29 is 17.7 Å². The van der Waals surface area contributed by atoms with E-state index < -0.39 is 10.1 Å². The van der Waals surface area contributed by atoms with E-state index in [1.807, 2.05) is 50.2 Å². The maximum atomic E-state index is 12.1. The van der Waals surface area contributed by atoms with Crippen LogP contribution in [0.2, 0.25) is 0 Å². The third kappa shape index (κ3) is 5.03. The molecule has 1 heterocycles. The molecule has 0 fully saturated rings. The van der Waals surface area contributed by atoms with Gasteiger partial charge in [0.15, 0.2) is 0 Å². The SMILES string of the molecule is C=C1/C=C\C=C(/c2ccccc2S(=O)(=O)O)c2ccc(Nc3c(C)cccc3C)cc2O/C=C/1. The van der Waals surface area contributed by atoms with Crippen LogP contribution in [0.15, 0.2) is 108 Å². The van der Waals surface area contributed by atoms with Crippen LogP contribution in [0.25, 0.3) is 5.57 Å². The van der Waals surface area contributed by atoms with E-state index in [4.69, 9.17) is 4.74 Å². The quantitative estimate of drug-likeness (QED) is 0.412. The molecule has 0 unspecified atom stereocenters. The summed E-state index contributed by atoms with van der Waals surface area (Å²) in [6.07, 6.45) is 8.66. The summed E-state index contributed by atoms with van der Waals surface area (Å²) in [5, 5.41) is 3.46. The van der Waals surface area contributed by atoms with E-state index in [1.165, 1.54) is 6.07 Å². The Balaban J connectivity index is 1.88. The maximum Gasteiger partial charge on any atom is 0.295 e. The summed E-state index contributed by atoms with van der Waals surface area (Å²) in [5.41, 5.74) is 6.40. The van der Waals surface area contributed by atoms with E-state index in [0.29, 0.717) is 28.0 Å². The minimum atomic E-state index is -4.44. The zero-order chi connectivity index (χ0) is 24.3. The topological polar surface area (TPSA) is 75.6 Å². The van der Waals surface area contributed by atoms with Gasteiger partial charge in [-0.25, -0.2) is 0 Å². The van der Waals surface area contributed by atoms with Crippen molar-refractivity contribution in [1.82, 2.24) is 0 Å². The number of ether oxygens (including phenoxy) is 1. The van der Waals surface area contributed by atoms with Gasteiger partial charge in [0, 0.05) is 28.6 Å². The van der Waals surface area contributed by atoms with Gasteiger partial charge in [0.2, 0.25) is 0 Å². The zero-order valence-corrected chi connectivity index (χ0v) is 19.8. The molecule has 4 rings (SSSR count). The average Bonchev–Trinajstić information content (AvgIpc) is 2.79. The molecular formula is C28H25NO4S. The average molecular weight is 472 g/mol. The van der Waals surface area contributed by atoms with Crippen LogP contribution in [0.3, 0.4) is 0 Å². The molecule has 0 aliphatic carbocycles. The molecule has 34 heavy (non-hydrogen) atoms. The Bertz CT molecular complexity index is 1440. The first-order valence-electron chi connectivity index (χ1n) is 10.7. The van der Waals surface area contributed by atoms with Gasteiger partial charge in [-0.1, -0.05) is 61.2 Å². The van der Waals surface area contributed by atoms with Gasteiger partial charge in [0.25, 0.3) is 10.1 Å². The molecule has 172 valence electrons. The largest absolute Gasteiger partial charge is 0.464 e. The second kappa shape index (κ2) is 9.55. The zero-order valence-electron chi connectivity index (χ0n) is 18.9. The lowest BCUT2D eigenvalue weighted by Crippen LogP contribution is -2.04. The van der Waals surface area contributed by atoms with Gasteiger partial charge in [0.1, 0.15) is 10.6 Å². The molecule has 2 N–H and O–H groups in total. The Morgan fingerprint density at radius 2 is 1.65 bits per heavy atom. The van der Waals surface area contributed by atoms with Crippen molar-refractivity contribution in [2.24, 2.45) is 0 Å². The number of para-hydroxylation sites is 1. The normalized spacial score (nSPS) is 17.0. The van der Waals surface area contributed by atoms with E-state index in [-0.39, 0.29) is 4.90 Å². The van der Waals surface area contributed by atoms with E-state index in [9.17, 15) is 13.0 Å². The fourth-order valence-electron chi connectivity index (χ4n) is 3.83. The number of fused-ring (bicyclic) bond motifs is 1. The highest BCUT2D eigenvalue weighted by Crippen LogP contribution is 2.37. The fourth-order valence-corrected chi connectivity index (χ4v) is 4.54. The molecule has 1 aliphatic rings. The lowest BCUT2D eigenvalue weighted by atomic mass is 9.95. The van der Waals surface area contributed by atoms with Gasteiger partial charge in [0.05, 0.1) is 6.26 Å². The lowest BCUT2D eigenvalue weighted by molar-refractivity contribution is 0.479. The van der Waals surface area contributed by atoms with Gasteiger partial charge >= 0.3 is 0 Å². The number of anilines is 2. The minimum absolute atomic E-state index is 0.176. The van der Waals surface area contributed by atoms with Gasteiger partial charge in [-0.05, 0) is 60.4 Å². The van der Waals surface area contributed by atoms with Gasteiger partial charge in [-0.2, -0.15) is 8.42 Å². The highest BCUT2D eigenvalue weighted by Gasteiger charge is 2.21. The number of hydrogen-bond donors (Lipinski definition) is 2. The van der Waals surface area contributed by atoms with Crippen molar-refractivity contribution in [3.63, 3.8) is 0 Å². The highest BCUT2D eigenvalue weighted by molar-refractivity contribution is 7.86. The molecule has 0 saturated heterocycles. The molecule has 3 aromatic rings. The molecule has 1 aliphatic heterocycles. The number of allylic oxidation sites excluding steroid dienone is 5. The van der Waals surface area contributed by atoms with Crippen molar-refractivity contribution in [2.45, 2.75) is 18.7 Å². The van der Waals surface area contributed by atoms with Gasteiger partial charge < -0.3 is 10.1 Å². The first-order valence-corrected chi connectivity index (χ1v) is 12.1. The van der Waals surface area contributed by atoms with Crippen LogP contribution in [-0.2, 0) is 10.1 Å². The van der Waals surface area contributed by atoms with Crippen LogP contribution in [-0.4, -0.2) is 13.0 Å². The number of benzene rings is 3. The second-order valence-corrected chi connectivity index (χ2v) is 9.40. The van der Waals surface area contributed by atoms with Crippen LogP contribution >= 0.6 is 0 Å². The summed E-state index contributed by atoms with van der Waals surface area (Å²) in [4.78, 5) is -0.176. The molecule has 5 nitrogen and oxygen atoms in total. The molecule has 6 heteroatoms. The summed E-state index contributed by atoms with van der Waals surface area (Å²) in [5.74, 6) is 0.520. The molecule has 0 amide bonds. The number of nitrogens with one attached hydrogen (secondary N) is 1. The smallest absolute Gasteiger partial charge is 0.295 e. The van der Waals surface area contributed by atoms with Crippen molar-refractivity contribution in [3.8, 4) is 5.75 Å². The molecule has 3 aromatic carbocycles. The molecule has 0 radical (unpaired) electrons. The van der Waals surface area contributed by atoms with Crippen molar-refractivity contribution in [2.75, 3.05) is 5.32 Å². The Labute approximate surface area is 200 Å². The van der Waals surface area contributed by atoms with Gasteiger partial charge in [-0.3, -0.25) is 4.55 Å². The number of rotatable bonds is 4. The Morgan fingerprint density at radius 3 is 2.38 bits per heavy atom. The Kier molecular flexibility index (Phi) is 6.54. The van der Waals surface area contributed by atoms with Crippen LogP contribution < -0.4 is 10.1 Å². The number of hydrogen-bond acceptors (Lipinski definition) is 4. The molecule has 0 spiro atoms. The summed E-state index contributed by atoms with van der Waals surface area (Å²) in [6, 6.07) is 18.1. The maximum absolute atomic E-state index is 12.1. The summed E-state index contributed by atoms with van der Waals surface area (Å²) in [7, 11) is -4.44. The third-order valence-electron chi connectivity index (χ3n) is 5.53. The van der Waals surface area contributed by atoms with Crippen LogP contribution in [0.5, 0.6) is 5.75 Å². The Hall–Kier alpha value is -3.87. The van der Waals surface area contributed by atoms with Crippen molar-refractivity contribution in [1.29, 1.82) is 0 Å².